The van der Waals surface area contributed by atoms with Gasteiger partial charge in [0.2, 0.25) is 0 Å². The molecule has 0 saturated heterocycles. The van der Waals surface area contributed by atoms with Crippen LogP contribution in [-0.2, 0) is 6.42 Å². The molecule has 0 atom stereocenters. The van der Waals surface area contributed by atoms with Crippen LogP contribution in [0.5, 0.6) is 5.75 Å². The van der Waals surface area contributed by atoms with E-state index in [0.717, 1.165) is 44.3 Å². The van der Waals surface area contributed by atoms with Crippen LogP contribution >= 0.6 is 0 Å². The predicted octanol–water partition coefficient (Wildman–Crippen LogP) is 4.18. The Morgan fingerprint density at radius 3 is 2.45 bits per heavy atom. The molecule has 0 amide bonds. The van der Waals surface area contributed by atoms with Crippen molar-refractivity contribution in [3.05, 3.63) is 29.6 Å². The van der Waals surface area contributed by atoms with Gasteiger partial charge in [-0.15, -0.1) is 0 Å². The number of nitrogens with one attached hydrogen (secondary N) is 1. The van der Waals surface area contributed by atoms with Crippen molar-refractivity contribution in [3.8, 4) is 5.75 Å². The first-order chi connectivity index (χ1) is 9.62. The molecule has 0 aromatic heterocycles. The maximum Gasteiger partial charge on any atom is 0.168 e. The van der Waals surface area contributed by atoms with E-state index < -0.39 is 0 Å². The fourth-order valence-corrected chi connectivity index (χ4v) is 2.60. The summed E-state index contributed by atoms with van der Waals surface area (Å²) in [4.78, 5) is 0. The quantitative estimate of drug-likeness (QED) is 0.686. The van der Waals surface area contributed by atoms with E-state index in [1.807, 2.05) is 12.1 Å². The molecule has 0 unspecified atom stereocenters. The van der Waals surface area contributed by atoms with Gasteiger partial charge in [0.1, 0.15) is 0 Å². The number of rotatable bonds is 9. The second-order valence-corrected chi connectivity index (χ2v) is 5.49. The Hall–Kier alpha value is -1.09. The van der Waals surface area contributed by atoms with Gasteiger partial charge < -0.3 is 10.1 Å². The summed E-state index contributed by atoms with van der Waals surface area (Å²) in [5.74, 6) is 0.127. The molecule has 3 heteroatoms. The average molecular weight is 281 g/mol. The normalized spacial score (nSPS) is 11.7. The Kier molecular flexibility index (Phi) is 7.00. The van der Waals surface area contributed by atoms with Gasteiger partial charge in [-0.1, -0.05) is 32.9 Å². The molecule has 2 nitrogen and oxygen atoms in total. The smallest absolute Gasteiger partial charge is 0.168 e. The van der Waals surface area contributed by atoms with Gasteiger partial charge in [0.05, 0.1) is 7.11 Å². The van der Waals surface area contributed by atoms with Gasteiger partial charge in [-0.25, -0.2) is 4.39 Å². The average Bonchev–Trinajstić information content (AvgIpc) is 2.48. The maximum absolute atomic E-state index is 14.3. The molecule has 0 radical (unpaired) electrons. The van der Waals surface area contributed by atoms with E-state index in [0.29, 0.717) is 5.75 Å². The Labute approximate surface area is 122 Å². The molecule has 0 aliphatic carbocycles. The molecule has 20 heavy (non-hydrogen) atoms. The first kappa shape index (κ1) is 17.0. The van der Waals surface area contributed by atoms with Crippen LogP contribution in [0.25, 0.3) is 0 Å². The zero-order valence-electron chi connectivity index (χ0n) is 13.3. The summed E-state index contributed by atoms with van der Waals surface area (Å²) in [5, 5.41) is 3.49. The standard InChI is InChI=1S/C17H28FNO/c1-5-11-19-13-17(6-2,7-3)12-14-9-8-10-15(20-4)16(14)18/h8-10,19H,5-7,11-13H2,1-4H3. The number of methoxy groups -OCH3 is 1. The van der Waals surface area contributed by atoms with Crippen molar-refractivity contribution in [1.29, 1.82) is 0 Å². The van der Waals surface area contributed by atoms with Crippen LogP contribution in [-0.4, -0.2) is 20.2 Å². The van der Waals surface area contributed by atoms with Gasteiger partial charge in [0.15, 0.2) is 11.6 Å². The summed E-state index contributed by atoms with van der Waals surface area (Å²) in [6, 6.07) is 5.41. The Morgan fingerprint density at radius 1 is 1.20 bits per heavy atom. The van der Waals surface area contributed by atoms with Crippen LogP contribution in [0.4, 0.5) is 4.39 Å². The Balaban J connectivity index is 2.89. The number of hydrogen-bond donors (Lipinski definition) is 1. The van der Waals surface area contributed by atoms with Gasteiger partial charge in [-0.2, -0.15) is 0 Å². The summed E-state index contributed by atoms with van der Waals surface area (Å²) < 4.78 is 19.4. The number of hydrogen-bond acceptors (Lipinski definition) is 2. The van der Waals surface area contributed by atoms with Crippen LogP contribution < -0.4 is 10.1 Å². The molecule has 0 fully saturated rings. The van der Waals surface area contributed by atoms with Crippen LogP contribution in [0, 0.1) is 11.2 Å². The van der Waals surface area contributed by atoms with Gasteiger partial charge in [0, 0.05) is 6.54 Å². The monoisotopic (exact) mass is 281 g/mol. The van der Waals surface area contributed by atoms with Crippen LogP contribution in [0.15, 0.2) is 18.2 Å². The summed E-state index contributed by atoms with van der Waals surface area (Å²) in [7, 11) is 1.51. The third-order valence-corrected chi connectivity index (χ3v) is 4.26. The molecule has 1 aromatic rings. The van der Waals surface area contributed by atoms with E-state index in [1.165, 1.54) is 7.11 Å². The minimum atomic E-state index is -0.211. The topological polar surface area (TPSA) is 21.3 Å². The first-order valence-electron chi connectivity index (χ1n) is 7.64. The molecule has 0 heterocycles. The van der Waals surface area contributed by atoms with Crippen molar-refractivity contribution < 1.29 is 9.13 Å². The maximum atomic E-state index is 14.3. The third-order valence-electron chi connectivity index (χ3n) is 4.26. The largest absolute Gasteiger partial charge is 0.494 e. The predicted molar refractivity (Wildman–Crippen MR) is 82.8 cm³/mol. The Bertz CT molecular complexity index is 402. The number of halogens is 1. The van der Waals surface area contributed by atoms with E-state index in [4.69, 9.17) is 4.74 Å². The number of benzene rings is 1. The zero-order valence-corrected chi connectivity index (χ0v) is 13.3. The van der Waals surface area contributed by atoms with Crippen molar-refractivity contribution in [3.63, 3.8) is 0 Å². The van der Waals surface area contributed by atoms with Crippen LogP contribution in [0.2, 0.25) is 0 Å². The molecule has 0 saturated carbocycles. The van der Waals surface area contributed by atoms with Crippen molar-refractivity contribution in [2.24, 2.45) is 5.41 Å². The molecule has 1 rings (SSSR count). The lowest BCUT2D eigenvalue weighted by Gasteiger charge is -2.32. The Morgan fingerprint density at radius 2 is 1.90 bits per heavy atom. The van der Waals surface area contributed by atoms with Crippen molar-refractivity contribution in [1.82, 2.24) is 5.32 Å². The number of ether oxygens (including phenoxy) is 1. The lowest BCUT2D eigenvalue weighted by molar-refractivity contribution is 0.243. The van der Waals surface area contributed by atoms with Gasteiger partial charge >= 0.3 is 0 Å². The third kappa shape index (κ3) is 4.20. The van der Waals surface area contributed by atoms with Gasteiger partial charge in [-0.3, -0.25) is 0 Å². The van der Waals surface area contributed by atoms with Gasteiger partial charge in [-0.05, 0) is 49.3 Å². The molecule has 114 valence electrons. The molecular weight excluding hydrogens is 253 g/mol. The second-order valence-electron chi connectivity index (χ2n) is 5.49. The van der Waals surface area contributed by atoms with Crippen LogP contribution in [0.3, 0.4) is 0 Å². The minimum Gasteiger partial charge on any atom is -0.494 e. The van der Waals surface area contributed by atoms with E-state index in [-0.39, 0.29) is 11.2 Å². The van der Waals surface area contributed by atoms with E-state index in [1.54, 1.807) is 6.07 Å². The summed E-state index contributed by atoms with van der Waals surface area (Å²) in [6.07, 6.45) is 3.95. The van der Waals surface area contributed by atoms with Crippen molar-refractivity contribution in [2.45, 2.75) is 46.5 Å². The fraction of sp³-hybridized carbons (Fsp3) is 0.647. The zero-order chi connectivity index (χ0) is 15.0. The van der Waals surface area contributed by atoms with E-state index in [2.05, 4.69) is 26.1 Å². The summed E-state index contributed by atoms with van der Waals surface area (Å²) in [6.45, 7) is 8.49. The van der Waals surface area contributed by atoms with Crippen molar-refractivity contribution >= 4 is 0 Å². The molecule has 0 bridgehead atoms. The molecule has 0 aliphatic heterocycles. The molecule has 0 aliphatic rings. The fourth-order valence-electron chi connectivity index (χ4n) is 2.60. The highest BCUT2D eigenvalue weighted by atomic mass is 19.1. The van der Waals surface area contributed by atoms with Crippen LogP contribution in [0.1, 0.15) is 45.6 Å². The van der Waals surface area contributed by atoms with E-state index in [9.17, 15) is 4.39 Å². The lowest BCUT2D eigenvalue weighted by atomic mass is 9.76. The summed E-state index contributed by atoms with van der Waals surface area (Å²) in [5.41, 5.74) is 0.869. The highest BCUT2D eigenvalue weighted by molar-refractivity contribution is 5.31. The molecule has 0 spiro atoms. The molecular formula is C17H28FNO. The van der Waals surface area contributed by atoms with Crippen molar-refractivity contribution in [2.75, 3.05) is 20.2 Å². The van der Waals surface area contributed by atoms with E-state index >= 15 is 0 Å². The first-order valence-corrected chi connectivity index (χ1v) is 7.64. The highest BCUT2D eigenvalue weighted by Gasteiger charge is 2.27. The lowest BCUT2D eigenvalue weighted by Crippen LogP contribution is -2.36. The molecule has 1 aromatic carbocycles. The van der Waals surface area contributed by atoms with Gasteiger partial charge in [0.25, 0.3) is 0 Å². The minimum absolute atomic E-state index is 0.113. The summed E-state index contributed by atoms with van der Waals surface area (Å²) >= 11 is 0. The second kappa shape index (κ2) is 8.25. The molecule has 1 N–H and O–H groups in total. The SMILES string of the molecule is CCCNCC(CC)(CC)Cc1cccc(OC)c1F. The highest BCUT2D eigenvalue weighted by Crippen LogP contribution is 2.33.